The highest BCUT2D eigenvalue weighted by Gasteiger charge is 2.20. The third kappa shape index (κ3) is 3.56. The number of morpholine rings is 1. The second kappa shape index (κ2) is 6.72. The third-order valence-electron chi connectivity index (χ3n) is 4.16. The summed E-state index contributed by atoms with van der Waals surface area (Å²) >= 11 is 0. The minimum Gasteiger partial charge on any atom is -0.379 e. The highest BCUT2D eigenvalue weighted by Crippen LogP contribution is 2.17. The first-order valence-corrected chi connectivity index (χ1v) is 7.69. The van der Waals surface area contributed by atoms with Gasteiger partial charge in [0.1, 0.15) is 11.6 Å². The van der Waals surface area contributed by atoms with E-state index < -0.39 is 11.6 Å². The van der Waals surface area contributed by atoms with E-state index in [-0.39, 0.29) is 12.1 Å². The van der Waals surface area contributed by atoms with Crippen molar-refractivity contribution in [3.63, 3.8) is 0 Å². The zero-order valence-corrected chi connectivity index (χ0v) is 13.3. The van der Waals surface area contributed by atoms with Gasteiger partial charge in [-0.2, -0.15) is 0 Å². The summed E-state index contributed by atoms with van der Waals surface area (Å²) in [6.45, 7) is 6.65. The van der Waals surface area contributed by atoms with Crippen LogP contribution < -0.4 is 0 Å². The molecule has 1 atom stereocenters. The fourth-order valence-electron chi connectivity index (χ4n) is 2.71. The van der Waals surface area contributed by atoms with Gasteiger partial charge in [-0.3, -0.25) is 4.90 Å². The highest BCUT2D eigenvalue weighted by atomic mass is 19.1. The Labute approximate surface area is 133 Å². The molecule has 0 saturated carbocycles. The van der Waals surface area contributed by atoms with Crippen molar-refractivity contribution >= 4 is 0 Å². The molecular formula is C16H20F2N4O. The van der Waals surface area contributed by atoms with Crippen LogP contribution in [0.5, 0.6) is 0 Å². The minimum absolute atomic E-state index is 0.0150. The molecular weight excluding hydrogens is 302 g/mol. The van der Waals surface area contributed by atoms with E-state index in [4.69, 9.17) is 4.74 Å². The Kier molecular flexibility index (Phi) is 4.68. The van der Waals surface area contributed by atoms with E-state index in [9.17, 15) is 8.78 Å². The van der Waals surface area contributed by atoms with Crippen LogP contribution in [0.25, 0.3) is 0 Å². The molecule has 0 unspecified atom stereocenters. The summed E-state index contributed by atoms with van der Waals surface area (Å²) < 4.78 is 34.8. The molecule has 0 amide bonds. The fraction of sp³-hybridized carbons (Fsp3) is 0.500. The molecule has 1 fully saturated rings. The predicted octanol–water partition coefficient (Wildman–Crippen LogP) is 2.13. The predicted molar refractivity (Wildman–Crippen MR) is 80.9 cm³/mol. The molecule has 0 aliphatic carbocycles. The zero-order chi connectivity index (χ0) is 16.4. The maximum absolute atomic E-state index is 14.1. The largest absolute Gasteiger partial charge is 0.379 e. The van der Waals surface area contributed by atoms with Crippen molar-refractivity contribution in [2.45, 2.75) is 33.0 Å². The molecule has 0 N–H and O–H groups in total. The standard InChI is InChI=1S/C16H20F2N4O/c1-11-3-4-15(17)14(16(11)18)9-22-8-13(19-20-22)7-21-5-6-23-10-12(21)2/h3-4,8,12H,5-7,9-10H2,1-2H3/t12-/m1/s1. The number of ether oxygens (including phenoxy) is 1. The molecule has 1 saturated heterocycles. The number of halogens is 2. The number of nitrogens with zero attached hydrogens (tertiary/aromatic N) is 4. The Morgan fingerprint density at radius 3 is 2.91 bits per heavy atom. The lowest BCUT2D eigenvalue weighted by molar-refractivity contribution is -0.00492. The molecule has 124 valence electrons. The Balaban J connectivity index is 1.71. The van der Waals surface area contributed by atoms with E-state index in [1.54, 1.807) is 13.1 Å². The number of hydrogen-bond donors (Lipinski definition) is 0. The van der Waals surface area contributed by atoms with Crippen molar-refractivity contribution in [2.24, 2.45) is 0 Å². The lowest BCUT2D eigenvalue weighted by Crippen LogP contribution is -2.42. The van der Waals surface area contributed by atoms with Gasteiger partial charge < -0.3 is 4.74 Å². The molecule has 2 heterocycles. The molecule has 5 nitrogen and oxygen atoms in total. The lowest BCUT2D eigenvalue weighted by atomic mass is 10.1. The first-order valence-electron chi connectivity index (χ1n) is 7.69. The van der Waals surface area contributed by atoms with E-state index in [2.05, 4.69) is 22.1 Å². The summed E-state index contributed by atoms with van der Waals surface area (Å²) in [5.74, 6) is -1.09. The smallest absolute Gasteiger partial charge is 0.134 e. The number of benzene rings is 1. The average molecular weight is 322 g/mol. The SMILES string of the molecule is Cc1ccc(F)c(Cn2cc(CN3CCOC[C@H]3C)nn2)c1F. The van der Waals surface area contributed by atoms with Gasteiger partial charge in [0.05, 0.1) is 31.6 Å². The van der Waals surface area contributed by atoms with Crippen LogP contribution in [0.1, 0.15) is 23.7 Å². The van der Waals surface area contributed by atoms with Gasteiger partial charge >= 0.3 is 0 Å². The Morgan fingerprint density at radius 1 is 1.30 bits per heavy atom. The van der Waals surface area contributed by atoms with Gasteiger partial charge in [0.25, 0.3) is 0 Å². The molecule has 1 aromatic carbocycles. The lowest BCUT2D eigenvalue weighted by Gasteiger charge is -2.32. The summed E-state index contributed by atoms with van der Waals surface area (Å²) in [6.07, 6.45) is 1.74. The molecule has 1 aliphatic heterocycles. The first kappa shape index (κ1) is 16.0. The Bertz CT molecular complexity index is 689. The Morgan fingerprint density at radius 2 is 2.13 bits per heavy atom. The van der Waals surface area contributed by atoms with E-state index >= 15 is 0 Å². The molecule has 7 heteroatoms. The van der Waals surface area contributed by atoms with Crippen molar-refractivity contribution in [1.82, 2.24) is 19.9 Å². The van der Waals surface area contributed by atoms with Crippen LogP contribution in [0.4, 0.5) is 8.78 Å². The van der Waals surface area contributed by atoms with Gasteiger partial charge in [-0.15, -0.1) is 5.10 Å². The van der Waals surface area contributed by atoms with Gasteiger partial charge in [-0.1, -0.05) is 11.3 Å². The Hall–Kier alpha value is -1.86. The topological polar surface area (TPSA) is 43.2 Å². The molecule has 23 heavy (non-hydrogen) atoms. The van der Waals surface area contributed by atoms with Crippen LogP contribution >= 0.6 is 0 Å². The van der Waals surface area contributed by atoms with Crippen molar-refractivity contribution in [2.75, 3.05) is 19.8 Å². The number of aromatic nitrogens is 3. The van der Waals surface area contributed by atoms with Crippen molar-refractivity contribution in [1.29, 1.82) is 0 Å². The first-order chi connectivity index (χ1) is 11.0. The van der Waals surface area contributed by atoms with Crippen LogP contribution in [0.15, 0.2) is 18.3 Å². The molecule has 0 spiro atoms. The molecule has 3 rings (SSSR count). The molecule has 0 radical (unpaired) electrons. The van der Waals surface area contributed by atoms with E-state index in [1.165, 1.54) is 16.8 Å². The second-order valence-corrected chi connectivity index (χ2v) is 5.96. The van der Waals surface area contributed by atoms with Gasteiger partial charge in [0, 0.05) is 24.7 Å². The van der Waals surface area contributed by atoms with Gasteiger partial charge in [0.15, 0.2) is 0 Å². The van der Waals surface area contributed by atoms with Crippen LogP contribution in [0, 0.1) is 18.6 Å². The molecule has 0 bridgehead atoms. The maximum Gasteiger partial charge on any atom is 0.134 e. The second-order valence-electron chi connectivity index (χ2n) is 5.96. The van der Waals surface area contributed by atoms with Crippen molar-refractivity contribution in [3.8, 4) is 0 Å². The van der Waals surface area contributed by atoms with E-state index in [0.29, 0.717) is 31.4 Å². The molecule has 2 aromatic rings. The maximum atomic E-state index is 14.1. The van der Waals surface area contributed by atoms with E-state index in [0.717, 1.165) is 12.2 Å². The van der Waals surface area contributed by atoms with Crippen LogP contribution in [-0.2, 0) is 17.8 Å². The summed E-state index contributed by atoms with van der Waals surface area (Å²) in [5, 5.41) is 8.10. The van der Waals surface area contributed by atoms with Crippen molar-refractivity contribution < 1.29 is 13.5 Å². The number of rotatable bonds is 4. The minimum atomic E-state index is -0.563. The monoisotopic (exact) mass is 322 g/mol. The summed E-state index contributed by atoms with van der Waals surface area (Å²) in [7, 11) is 0. The quantitative estimate of drug-likeness (QED) is 0.865. The van der Waals surface area contributed by atoms with Crippen LogP contribution in [-0.4, -0.2) is 45.7 Å². The summed E-state index contributed by atoms with van der Waals surface area (Å²) in [6, 6.07) is 3.03. The summed E-state index contributed by atoms with van der Waals surface area (Å²) in [5.41, 5.74) is 1.22. The molecule has 1 aliphatic rings. The average Bonchev–Trinajstić information content (AvgIpc) is 2.97. The normalized spacial score (nSPS) is 19.2. The van der Waals surface area contributed by atoms with Crippen molar-refractivity contribution in [3.05, 3.63) is 46.8 Å². The number of aryl methyl sites for hydroxylation is 1. The molecule has 1 aromatic heterocycles. The number of hydrogen-bond acceptors (Lipinski definition) is 4. The van der Waals surface area contributed by atoms with Gasteiger partial charge in [-0.05, 0) is 25.5 Å². The zero-order valence-electron chi connectivity index (χ0n) is 13.3. The third-order valence-corrected chi connectivity index (χ3v) is 4.16. The highest BCUT2D eigenvalue weighted by molar-refractivity contribution is 5.26. The van der Waals surface area contributed by atoms with Crippen LogP contribution in [0.2, 0.25) is 0 Å². The van der Waals surface area contributed by atoms with Gasteiger partial charge in [-0.25, -0.2) is 13.5 Å². The van der Waals surface area contributed by atoms with Crippen LogP contribution in [0.3, 0.4) is 0 Å². The fourth-order valence-corrected chi connectivity index (χ4v) is 2.71. The summed E-state index contributed by atoms with van der Waals surface area (Å²) in [4.78, 5) is 2.26. The van der Waals surface area contributed by atoms with E-state index in [1.807, 2.05) is 0 Å². The van der Waals surface area contributed by atoms with Gasteiger partial charge in [0.2, 0.25) is 0 Å².